The van der Waals surface area contributed by atoms with Gasteiger partial charge in [-0.15, -0.1) is 0 Å². The fourth-order valence-corrected chi connectivity index (χ4v) is 2.49. The molecule has 0 amide bonds. The number of unbranched alkanes of at least 4 members (excludes halogenated alkanes) is 4. The molecule has 0 bridgehead atoms. The van der Waals surface area contributed by atoms with Crippen molar-refractivity contribution in [1.82, 2.24) is 0 Å². The minimum absolute atomic E-state index is 0.373. The van der Waals surface area contributed by atoms with Crippen LogP contribution >= 0.6 is 11.6 Å². The molecule has 0 aliphatic carbocycles. The van der Waals surface area contributed by atoms with Crippen LogP contribution in [0.15, 0.2) is 18.2 Å². The van der Waals surface area contributed by atoms with Gasteiger partial charge in [0.1, 0.15) is 0 Å². The Labute approximate surface area is 133 Å². The van der Waals surface area contributed by atoms with Crippen molar-refractivity contribution in [2.24, 2.45) is 0 Å². The summed E-state index contributed by atoms with van der Waals surface area (Å²) in [5.41, 5.74) is 1.31. The molecule has 1 N–H and O–H groups in total. The Bertz CT molecular complexity index is 448. The van der Waals surface area contributed by atoms with Crippen LogP contribution in [0.25, 0.3) is 0 Å². The van der Waals surface area contributed by atoms with E-state index in [0.29, 0.717) is 16.6 Å². The second-order valence-electron chi connectivity index (χ2n) is 5.43. The lowest BCUT2D eigenvalue weighted by Gasteiger charge is -2.16. The van der Waals surface area contributed by atoms with Gasteiger partial charge in [-0.25, -0.2) is 4.79 Å². The Morgan fingerprint density at radius 3 is 2.67 bits per heavy atom. The van der Waals surface area contributed by atoms with Crippen molar-refractivity contribution in [3.8, 4) is 0 Å². The van der Waals surface area contributed by atoms with Gasteiger partial charge in [0.15, 0.2) is 0 Å². The summed E-state index contributed by atoms with van der Waals surface area (Å²) in [6.07, 6.45) is 7.55. The van der Waals surface area contributed by atoms with Crippen LogP contribution in [0.2, 0.25) is 5.02 Å². The molecule has 118 valence electrons. The smallest absolute Gasteiger partial charge is 0.339 e. The SMILES string of the molecule is CCCCCCCC(C)Nc1ccc(Cl)c(C(=O)OC)c1. The number of benzene rings is 1. The van der Waals surface area contributed by atoms with Crippen LogP contribution in [0.4, 0.5) is 5.69 Å². The van der Waals surface area contributed by atoms with Crippen LogP contribution in [0.3, 0.4) is 0 Å². The monoisotopic (exact) mass is 311 g/mol. The number of nitrogens with one attached hydrogen (secondary N) is 1. The number of halogens is 1. The molecule has 0 radical (unpaired) electrons. The zero-order chi connectivity index (χ0) is 15.7. The van der Waals surface area contributed by atoms with Crippen LogP contribution in [0, 0.1) is 0 Å². The summed E-state index contributed by atoms with van der Waals surface area (Å²) >= 11 is 6.01. The molecule has 0 fully saturated rings. The molecule has 0 aliphatic heterocycles. The normalized spacial score (nSPS) is 12.0. The highest BCUT2D eigenvalue weighted by molar-refractivity contribution is 6.33. The maximum absolute atomic E-state index is 11.6. The van der Waals surface area contributed by atoms with E-state index in [2.05, 4.69) is 19.2 Å². The molecule has 3 nitrogen and oxygen atoms in total. The van der Waals surface area contributed by atoms with Crippen molar-refractivity contribution < 1.29 is 9.53 Å². The van der Waals surface area contributed by atoms with Gasteiger partial charge >= 0.3 is 5.97 Å². The van der Waals surface area contributed by atoms with Crippen LogP contribution in [-0.4, -0.2) is 19.1 Å². The summed E-state index contributed by atoms with van der Waals surface area (Å²) in [6.45, 7) is 4.38. The minimum atomic E-state index is -0.407. The van der Waals surface area contributed by atoms with Crippen molar-refractivity contribution in [3.63, 3.8) is 0 Å². The number of hydrogen-bond acceptors (Lipinski definition) is 3. The lowest BCUT2D eigenvalue weighted by molar-refractivity contribution is 0.0601. The van der Waals surface area contributed by atoms with Crippen LogP contribution in [0.1, 0.15) is 62.7 Å². The van der Waals surface area contributed by atoms with Gasteiger partial charge in [-0.3, -0.25) is 0 Å². The lowest BCUT2D eigenvalue weighted by Crippen LogP contribution is -2.15. The van der Waals surface area contributed by atoms with Crippen LogP contribution < -0.4 is 5.32 Å². The molecule has 0 saturated heterocycles. The Kier molecular flexibility index (Phi) is 8.21. The first-order valence-corrected chi connectivity index (χ1v) is 8.10. The van der Waals surface area contributed by atoms with Crippen molar-refractivity contribution >= 4 is 23.3 Å². The number of hydrogen-bond donors (Lipinski definition) is 1. The molecule has 1 rings (SSSR count). The van der Waals surface area contributed by atoms with Gasteiger partial charge in [0, 0.05) is 11.7 Å². The number of methoxy groups -OCH3 is 1. The number of carbonyl (C=O) groups excluding carboxylic acids is 1. The summed E-state index contributed by atoms with van der Waals surface area (Å²) in [5, 5.41) is 3.83. The molecular weight excluding hydrogens is 286 g/mol. The van der Waals surface area contributed by atoms with Crippen molar-refractivity contribution in [2.45, 2.75) is 58.4 Å². The van der Waals surface area contributed by atoms with Gasteiger partial charge in [0.2, 0.25) is 0 Å². The molecule has 21 heavy (non-hydrogen) atoms. The van der Waals surface area contributed by atoms with E-state index in [9.17, 15) is 4.79 Å². The van der Waals surface area contributed by atoms with E-state index < -0.39 is 5.97 Å². The number of anilines is 1. The highest BCUT2D eigenvalue weighted by Gasteiger charge is 2.12. The first-order chi connectivity index (χ1) is 10.1. The molecule has 0 saturated carbocycles. The van der Waals surface area contributed by atoms with E-state index >= 15 is 0 Å². The van der Waals surface area contributed by atoms with E-state index in [-0.39, 0.29) is 0 Å². The van der Waals surface area contributed by atoms with E-state index in [0.717, 1.165) is 12.1 Å². The summed E-state index contributed by atoms with van der Waals surface area (Å²) in [7, 11) is 1.36. The van der Waals surface area contributed by atoms with Gasteiger partial charge in [-0.05, 0) is 31.5 Å². The molecule has 0 aromatic heterocycles. The van der Waals surface area contributed by atoms with Crippen LogP contribution in [-0.2, 0) is 4.74 Å². The first kappa shape index (κ1) is 17.8. The maximum Gasteiger partial charge on any atom is 0.339 e. The number of rotatable bonds is 9. The number of ether oxygens (including phenoxy) is 1. The Morgan fingerprint density at radius 1 is 1.29 bits per heavy atom. The van der Waals surface area contributed by atoms with Crippen molar-refractivity contribution in [1.29, 1.82) is 0 Å². The summed E-state index contributed by atoms with van der Waals surface area (Å²) < 4.78 is 4.73. The Balaban J connectivity index is 2.48. The minimum Gasteiger partial charge on any atom is -0.465 e. The van der Waals surface area contributed by atoms with E-state index in [1.165, 1.54) is 39.2 Å². The zero-order valence-corrected chi connectivity index (χ0v) is 14.0. The quantitative estimate of drug-likeness (QED) is 0.497. The van der Waals surface area contributed by atoms with E-state index in [1.807, 2.05) is 6.07 Å². The van der Waals surface area contributed by atoms with Crippen molar-refractivity contribution in [3.05, 3.63) is 28.8 Å². The fourth-order valence-electron chi connectivity index (χ4n) is 2.29. The highest BCUT2D eigenvalue weighted by Crippen LogP contribution is 2.22. The second kappa shape index (κ2) is 9.67. The maximum atomic E-state index is 11.6. The largest absolute Gasteiger partial charge is 0.465 e. The predicted molar refractivity (Wildman–Crippen MR) is 89.3 cm³/mol. The number of carbonyl (C=O) groups is 1. The molecule has 1 atom stereocenters. The van der Waals surface area contributed by atoms with E-state index in [4.69, 9.17) is 16.3 Å². The fraction of sp³-hybridized carbons (Fsp3) is 0.588. The summed E-state index contributed by atoms with van der Waals surface area (Å²) in [6, 6.07) is 5.74. The average Bonchev–Trinajstić information content (AvgIpc) is 2.48. The third-order valence-corrected chi connectivity index (χ3v) is 3.86. The molecule has 0 spiro atoms. The van der Waals surface area contributed by atoms with Gasteiger partial charge in [-0.2, -0.15) is 0 Å². The Morgan fingerprint density at radius 2 is 2.00 bits per heavy atom. The average molecular weight is 312 g/mol. The third-order valence-electron chi connectivity index (χ3n) is 3.53. The molecule has 0 aliphatic rings. The highest BCUT2D eigenvalue weighted by atomic mass is 35.5. The number of esters is 1. The molecular formula is C17H26ClNO2. The van der Waals surface area contributed by atoms with Gasteiger partial charge in [-0.1, -0.05) is 50.6 Å². The Hall–Kier alpha value is -1.22. The molecule has 1 aromatic carbocycles. The molecule has 0 heterocycles. The topological polar surface area (TPSA) is 38.3 Å². The van der Waals surface area contributed by atoms with Crippen molar-refractivity contribution in [2.75, 3.05) is 12.4 Å². The molecule has 1 aromatic rings. The second-order valence-corrected chi connectivity index (χ2v) is 5.84. The molecule has 4 heteroatoms. The van der Waals surface area contributed by atoms with Gasteiger partial charge < -0.3 is 10.1 Å². The van der Waals surface area contributed by atoms with E-state index in [1.54, 1.807) is 12.1 Å². The standard InChI is InChI=1S/C17H26ClNO2/c1-4-5-6-7-8-9-13(2)19-14-10-11-16(18)15(12-14)17(20)21-3/h10-13,19H,4-9H2,1-3H3. The summed E-state index contributed by atoms with van der Waals surface area (Å²) in [4.78, 5) is 11.6. The molecule has 1 unspecified atom stereocenters. The lowest BCUT2D eigenvalue weighted by atomic mass is 10.1. The predicted octanol–water partition coefficient (Wildman–Crippen LogP) is 5.29. The van der Waals surface area contributed by atoms with Crippen LogP contribution in [0.5, 0.6) is 0 Å². The zero-order valence-electron chi connectivity index (χ0n) is 13.2. The van der Waals surface area contributed by atoms with Gasteiger partial charge in [0.05, 0.1) is 17.7 Å². The first-order valence-electron chi connectivity index (χ1n) is 7.72. The summed E-state index contributed by atoms with van der Waals surface area (Å²) in [5.74, 6) is -0.407. The van der Waals surface area contributed by atoms with Gasteiger partial charge in [0.25, 0.3) is 0 Å². The third kappa shape index (κ3) is 6.38.